The summed E-state index contributed by atoms with van der Waals surface area (Å²) in [6, 6.07) is 11.8. The van der Waals surface area contributed by atoms with E-state index in [-0.39, 0.29) is 24.1 Å². The maximum Gasteiger partial charge on any atom is 0.261 e. The highest BCUT2D eigenvalue weighted by molar-refractivity contribution is 6.31. The highest BCUT2D eigenvalue weighted by atomic mass is 35.5. The number of carbonyl (C=O) groups excluding carboxylic acids is 2. The predicted molar refractivity (Wildman–Crippen MR) is 107 cm³/mol. The Hall–Kier alpha value is -3.19. The summed E-state index contributed by atoms with van der Waals surface area (Å²) >= 11 is 5.95. The zero-order valence-corrected chi connectivity index (χ0v) is 15.6. The zero-order valence-electron chi connectivity index (χ0n) is 14.8. The van der Waals surface area contributed by atoms with Gasteiger partial charge >= 0.3 is 0 Å². The van der Waals surface area contributed by atoms with Gasteiger partial charge in [-0.25, -0.2) is 4.98 Å². The third-order valence-electron chi connectivity index (χ3n) is 4.46. The van der Waals surface area contributed by atoms with E-state index in [9.17, 15) is 14.4 Å². The van der Waals surface area contributed by atoms with Crippen LogP contribution in [0.15, 0.2) is 53.6 Å². The monoisotopic (exact) mass is 396 g/mol. The highest BCUT2D eigenvalue weighted by Crippen LogP contribution is 2.21. The Morgan fingerprint density at radius 2 is 1.96 bits per heavy atom. The van der Waals surface area contributed by atoms with Crippen LogP contribution < -0.4 is 16.2 Å². The van der Waals surface area contributed by atoms with Gasteiger partial charge in [0.2, 0.25) is 5.91 Å². The van der Waals surface area contributed by atoms with Gasteiger partial charge in [-0.3, -0.25) is 19.0 Å². The van der Waals surface area contributed by atoms with Crippen LogP contribution in [-0.2, 0) is 11.3 Å². The summed E-state index contributed by atoms with van der Waals surface area (Å²) in [5.41, 5.74) is 0.935. The fourth-order valence-electron chi connectivity index (χ4n) is 2.87. The lowest BCUT2D eigenvalue weighted by molar-refractivity contribution is -0.116. The number of halogens is 1. The number of nitrogens with zero attached hydrogens (tertiary/aromatic N) is 2. The molecule has 1 aliphatic rings. The van der Waals surface area contributed by atoms with Gasteiger partial charge in [0.25, 0.3) is 11.5 Å². The number of rotatable bonds is 5. The fraction of sp³-hybridized carbons (Fsp3) is 0.200. The van der Waals surface area contributed by atoms with Crippen molar-refractivity contribution in [2.45, 2.75) is 25.4 Å². The Kier molecular flexibility index (Phi) is 4.83. The minimum Gasteiger partial charge on any atom is -0.349 e. The molecule has 0 spiro atoms. The van der Waals surface area contributed by atoms with Crippen molar-refractivity contribution in [2.24, 2.45) is 0 Å². The lowest BCUT2D eigenvalue weighted by Gasteiger charge is -2.12. The quantitative estimate of drug-likeness (QED) is 0.693. The number of para-hydroxylation sites is 1. The number of hydrogen-bond donors (Lipinski definition) is 2. The molecular formula is C20H17ClN4O3. The molecule has 8 heteroatoms. The third kappa shape index (κ3) is 3.89. The smallest absolute Gasteiger partial charge is 0.261 e. The first-order valence-electron chi connectivity index (χ1n) is 8.86. The van der Waals surface area contributed by atoms with Crippen LogP contribution in [0.2, 0.25) is 5.02 Å². The van der Waals surface area contributed by atoms with Crippen LogP contribution in [0.5, 0.6) is 0 Å². The molecule has 0 atom stereocenters. The number of hydrogen-bond acceptors (Lipinski definition) is 4. The number of fused-ring (bicyclic) bond motifs is 1. The second-order valence-electron chi connectivity index (χ2n) is 6.68. The SMILES string of the molecule is O=C(Cn1cnc2ccc(Cl)cc2c1=O)Nc1ccccc1C(=O)NC1CC1. The second-order valence-corrected chi connectivity index (χ2v) is 7.12. The lowest BCUT2D eigenvalue weighted by Crippen LogP contribution is -2.30. The minimum absolute atomic E-state index is 0.213. The van der Waals surface area contributed by atoms with Gasteiger partial charge in [0.05, 0.1) is 28.5 Å². The number of carbonyl (C=O) groups is 2. The predicted octanol–water partition coefficient (Wildman–Crippen LogP) is 2.58. The Bertz CT molecular complexity index is 1140. The van der Waals surface area contributed by atoms with E-state index in [1.165, 1.54) is 17.0 Å². The van der Waals surface area contributed by atoms with E-state index < -0.39 is 5.91 Å². The van der Waals surface area contributed by atoms with Gasteiger partial charge in [0.15, 0.2) is 0 Å². The molecule has 2 amide bonds. The third-order valence-corrected chi connectivity index (χ3v) is 4.69. The molecule has 0 unspecified atom stereocenters. The van der Waals surface area contributed by atoms with Crippen molar-refractivity contribution < 1.29 is 9.59 Å². The van der Waals surface area contributed by atoms with Gasteiger partial charge in [-0.2, -0.15) is 0 Å². The number of anilines is 1. The second kappa shape index (κ2) is 7.44. The molecule has 1 aromatic heterocycles. The van der Waals surface area contributed by atoms with E-state index in [0.29, 0.717) is 27.2 Å². The van der Waals surface area contributed by atoms with Crippen LogP contribution in [0.25, 0.3) is 10.9 Å². The summed E-state index contributed by atoms with van der Waals surface area (Å²) in [5.74, 6) is -0.658. The Morgan fingerprint density at radius 1 is 1.18 bits per heavy atom. The number of nitrogens with one attached hydrogen (secondary N) is 2. The van der Waals surface area contributed by atoms with E-state index in [2.05, 4.69) is 15.6 Å². The van der Waals surface area contributed by atoms with Crippen molar-refractivity contribution in [2.75, 3.05) is 5.32 Å². The molecule has 28 heavy (non-hydrogen) atoms. The van der Waals surface area contributed by atoms with Crippen molar-refractivity contribution >= 4 is 40.0 Å². The average Bonchev–Trinajstić information content (AvgIpc) is 3.49. The molecule has 1 aliphatic carbocycles. The van der Waals surface area contributed by atoms with E-state index in [4.69, 9.17) is 11.6 Å². The standard InChI is InChI=1S/C20H17ClN4O3/c21-12-5-8-16-15(9-12)20(28)25(11-22-16)10-18(26)24-17-4-2-1-3-14(17)19(27)23-13-6-7-13/h1-5,8-9,11,13H,6-7,10H2,(H,23,27)(H,24,26). The van der Waals surface area contributed by atoms with Gasteiger partial charge < -0.3 is 10.6 Å². The summed E-state index contributed by atoms with van der Waals surface area (Å²) in [7, 11) is 0. The zero-order chi connectivity index (χ0) is 19.7. The van der Waals surface area contributed by atoms with Gasteiger partial charge in [-0.05, 0) is 43.2 Å². The van der Waals surface area contributed by atoms with Crippen LogP contribution in [0, 0.1) is 0 Å². The Labute approximate surface area is 165 Å². The van der Waals surface area contributed by atoms with E-state index in [0.717, 1.165) is 12.8 Å². The number of benzene rings is 2. The summed E-state index contributed by atoms with van der Waals surface area (Å²) in [6.45, 7) is -0.229. The van der Waals surface area contributed by atoms with Crippen LogP contribution in [0.1, 0.15) is 23.2 Å². The normalized spacial score (nSPS) is 13.3. The molecule has 1 heterocycles. The van der Waals surface area contributed by atoms with Gasteiger partial charge in [-0.1, -0.05) is 23.7 Å². The van der Waals surface area contributed by atoms with E-state index >= 15 is 0 Å². The van der Waals surface area contributed by atoms with Crippen molar-refractivity contribution in [3.8, 4) is 0 Å². The average molecular weight is 397 g/mol. The first-order valence-corrected chi connectivity index (χ1v) is 9.23. The van der Waals surface area contributed by atoms with Crippen molar-refractivity contribution in [3.63, 3.8) is 0 Å². The topological polar surface area (TPSA) is 93.1 Å². The Balaban J connectivity index is 1.54. The molecular weight excluding hydrogens is 380 g/mol. The van der Waals surface area contributed by atoms with Crippen LogP contribution in [-0.4, -0.2) is 27.4 Å². The van der Waals surface area contributed by atoms with Crippen molar-refractivity contribution in [1.29, 1.82) is 0 Å². The maximum absolute atomic E-state index is 12.6. The molecule has 1 saturated carbocycles. The summed E-state index contributed by atoms with van der Waals surface area (Å²) in [4.78, 5) is 41.6. The molecule has 0 saturated heterocycles. The number of aromatic nitrogens is 2. The maximum atomic E-state index is 12.6. The van der Waals surface area contributed by atoms with E-state index in [1.54, 1.807) is 36.4 Å². The molecule has 2 N–H and O–H groups in total. The molecule has 7 nitrogen and oxygen atoms in total. The number of amides is 2. The largest absolute Gasteiger partial charge is 0.349 e. The van der Waals surface area contributed by atoms with Gasteiger partial charge in [0, 0.05) is 11.1 Å². The van der Waals surface area contributed by atoms with Gasteiger partial charge in [0.1, 0.15) is 6.54 Å². The molecule has 142 valence electrons. The molecule has 1 fully saturated rings. The van der Waals surface area contributed by atoms with E-state index in [1.807, 2.05) is 0 Å². The van der Waals surface area contributed by atoms with Crippen LogP contribution in [0.3, 0.4) is 0 Å². The van der Waals surface area contributed by atoms with Gasteiger partial charge in [-0.15, -0.1) is 0 Å². The first kappa shape index (κ1) is 18.2. The summed E-state index contributed by atoms with van der Waals surface area (Å²) in [6.07, 6.45) is 3.27. The first-order chi connectivity index (χ1) is 13.5. The minimum atomic E-state index is -0.433. The summed E-state index contributed by atoms with van der Waals surface area (Å²) < 4.78 is 1.21. The Morgan fingerprint density at radius 3 is 2.75 bits per heavy atom. The summed E-state index contributed by atoms with van der Waals surface area (Å²) in [5, 5.41) is 6.37. The molecule has 2 aromatic carbocycles. The lowest BCUT2D eigenvalue weighted by atomic mass is 10.1. The van der Waals surface area contributed by atoms with Crippen LogP contribution in [0.4, 0.5) is 5.69 Å². The molecule has 0 aliphatic heterocycles. The van der Waals surface area contributed by atoms with Crippen LogP contribution >= 0.6 is 11.6 Å². The fourth-order valence-corrected chi connectivity index (χ4v) is 3.04. The molecule has 0 bridgehead atoms. The highest BCUT2D eigenvalue weighted by Gasteiger charge is 2.25. The van der Waals surface area contributed by atoms with Crippen molar-refractivity contribution in [1.82, 2.24) is 14.9 Å². The van der Waals surface area contributed by atoms with Crippen molar-refractivity contribution in [3.05, 3.63) is 69.7 Å². The molecule has 4 rings (SSSR count). The molecule has 0 radical (unpaired) electrons. The molecule has 3 aromatic rings.